The standard InChI is InChI=1S/C17H20N4O4/c18-16(23)13-6-5-11(10-19-13)20-17(24)21-7-1-3-12(21)9-14(22)15-4-2-8-25-15/h2,4-6,8,10,12,14,22H,1,3,7,9H2,(H2,18,23)(H,20,24)/t12-,14-/m0/s1. The number of nitrogens with zero attached hydrogens (tertiary/aromatic N) is 2. The highest BCUT2D eigenvalue weighted by Gasteiger charge is 2.31. The number of aromatic nitrogens is 1. The molecule has 8 nitrogen and oxygen atoms in total. The summed E-state index contributed by atoms with van der Waals surface area (Å²) >= 11 is 0. The van der Waals surface area contributed by atoms with Crippen LogP contribution in [0.3, 0.4) is 0 Å². The first-order valence-electron chi connectivity index (χ1n) is 8.09. The largest absolute Gasteiger partial charge is 0.467 e. The van der Waals surface area contributed by atoms with Crippen molar-refractivity contribution in [3.8, 4) is 0 Å². The molecule has 0 aliphatic carbocycles. The molecule has 8 heteroatoms. The van der Waals surface area contributed by atoms with E-state index in [9.17, 15) is 14.7 Å². The second kappa shape index (κ2) is 7.35. The van der Waals surface area contributed by atoms with Crippen LogP contribution in [0.25, 0.3) is 0 Å². The van der Waals surface area contributed by atoms with Crippen LogP contribution in [0.5, 0.6) is 0 Å². The number of anilines is 1. The highest BCUT2D eigenvalue weighted by molar-refractivity contribution is 5.92. The molecule has 3 rings (SSSR count). The summed E-state index contributed by atoms with van der Waals surface area (Å²) in [4.78, 5) is 29.1. The van der Waals surface area contributed by atoms with E-state index in [4.69, 9.17) is 10.2 Å². The molecule has 1 aliphatic rings. The Morgan fingerprint density at radius 2 is 2.28 bits per heavy atom. The van der Waals surface area contributed by atoms with E-state index in [1.807, 2.05) is 0 Å². The van der Waals surface area contributed by atoms with Gasteiger partial charge in [-0.15, -0.1) is 0 Å². The molecule has 0 aromatic carbocycles. The molecular weight excluding hydrogens is 324 g/mol. The first-order valence-corrected chi connectivity index (χ1v) is 8.09. The van der Waals surface area contributed by atoms with Crippen molar-refractivity contribution in [1.29, 1.82) is 0 Å². The fraction of sp³-hybridized carbons (Fsp3) is 0.353. The van der Waals surface area contributed by atoms with Crippen LogP contribution < -0.4 is 11.1 Å². The Kier molecular flexibility index (Phi) is 4.99. The maximum absolute atomic E-state index is 12.5. The topological polar surface area (TPSA) is 122 Å². The normalized spacial score (nSPS) is 18.1. The molecule has 0 unspecified atom stereocenters. The second-order valence-corrected chi connectivity index (χ2v) is 5.98. The number of carbonyl (C=O) groups excluding carboxylic acids is 2. The fourth-order valence-corrected chi connectivity index (χ4v) is 3.01. The molecule has 0 saturated carbocycles. The third-order valence-electron chi connectivity index (χ3n) is 4.27. The van der Waals surface area contributed by atoms with Gasteiger partial charge in [0, 0.05) is 19.0 Å². The summed E-state index contributed by atoms with van der Waals surface area (Å²) in [6.07, 6.45) is 4.28. The van der Waals surface area contributed by atoms with Gasteiger partial charge in [0.05, 0.1) is 18.1 Å². The Labute approximate surface area is 144 Å². The molecule has 3 amide bonds. The zero-order valence-corrected chi connectivity index (χ0v) is 13.6. The van der Waals surface area contributed by atoms with Gasteiger partial charge >= 0.3 is 6.03 Å². The zero-order chi connectivity index (χ0) is 17.8. The number of likely N-dealkylation sites (tertiary alicyclic amines) is 1. The van der Waals surface area contributed by atoms with Gasteiger partial charge in [-0.05, 0) is 37.1 Å². The molecule has 2 aromatic rings. The summed E-state index contributed by atoms with van der Waals surface area (Å²) in [7, 11) is 0. The van der Waals surface area contributed by atoms with Crippen molar-refractivity contribution in [3.63, 3.8) is 0 Å². The van der Waals surface area contributed by atoms with Crippen molar-refractivity contribution in [1.82, 2.24) is 9.88 Å². The molecule has 0 radical (unpaired) electrons. The Hall–Kier alpha value is -2.87. The SMILES string of the molecule is NC(=O)c1ccc(NC(=O)N2CCC[C@H]2C[C@H](O)c2ccco2)cn1. The van der Waals surface area contributed by atoms with E-state index < -0.39 is 12.0 Å². The van der Waals surface area contributed by atoms with Crippen LogP contribution in [0.2, 0.25) is 0 Å². The molecule has 1 fully saturated rings. The molecule has 0 spiro atoms. The van der Waals surface area contributed by atoms with E-state index in [0.717, 1.165) is 12.8 Å². The summed E-state index contributed by atoms with van der Waals surface area (Å²) in [6.45, 7) is 0.619. The van der Waals surface area contributed by atoms with E-state index in [-0.39, 0.29) is 17.8 Å². The van der Waals surface area contributed by atoms with Gasteiger partial charge in [-0.1, -0.05) is 0 Å². The number of urea groups is 1. The lowest BCUT2D eigenvalue weighted by Crippen LogP contribution is -2.39. The number of amides is 3. The van der Waals surface area contributed by atoms with E-state index in [2.05, 4.69) is 10.3 Å². The van der Waals surface area contributed by atoms with E-state index in [1.165, 1.54) is 18.5 Å². The zero-order valence-electron chi connectivity index (χ0n) is 13.6. The molecule has 3 heterocycles. The number of primary amides is 1. The Morgan fingerprint density at radius 3 is 2.92 bits per heavy atom. The third kappa shape index (κ3) is 3.97. The summed E-state index contributed by atoms with van der Waals surface area (Å²) in [6, 6.07) is 6.14. The monoisotopic (exact) mass is 344 g/mol. The van der Waals surface area contributed by atoms with Crippen LogP contribution in [0.1, 0.15) is 41.6 Å². The number of hydrogen-bond acceptors (Lipinski definition) is 5. The first-order chi connectivity index (χ1) is 12.0. The van der Waals surface area contributed by atoms with Gasteiger partial charge in [0.1, 0.15) is 17.6 Å². The second-order valence-electron chi connectivity index (χ2n) is 5.98. The number of furan rings is 1. The van der Waals surface area contributed by atoms with Crippen LogP contribution >= 0.6 is 0 Å². The predicted molar refractivity (Wildman–Crippen MR) is 89.8 cm³/mol. The Morgan fingerprint density at radius 1 is 1.44 bits per heavy atom. The van der Waals surface area contributed by atoms with Crippen LogP contribution in [0.15, 0.2) is 41.1 Å². The molecule has 1 aliphatic heterocycles. The quantitative estimate of drug-likeness (QED) is 0.764. The maximum atomic E-state index is 12.5. The van der Waals surface area contributed by atoms with Gasteiger partial charge in [-0.25, -0.2) is 9.78 Å². The van der Waals surface area contributed by atoms with Crippen molar-refractivity contribution in [2.45, 2.75) is 31.4 Å². The van der Waals surface area contributed by atoms with Crippen molar-refractivity contribution in [2.75, 3.05) is 11.9 Å². The van der Waals surface area contributed by atoms with Crippen LogP contribution in [0.4, 0.5) is 10.5 Å². The predicted octanol–water partition coefficient (Wildman–Crippen LogP) is 1.89. The number of rotatable bonds is 5. The lowest BCUT2D eigenvalue weighted by molar-refractivity contribution is 0.0995. The van der Waals surface area contributed by atoms with Crippen LogP contribution in [0, 0.1) is 0 Å². The number of nitrogens with one attached hydrogen (secondary N) is 1. The van der Waals surface area contributed by atoms with Gasteiger partial charge in [0.15, 0.2) is 0 Å². The molecule has 1 saturated heterocycles. The van der Waals surface area contributed by atoms with Gasteiger partial charge in [-0.2, -0.15) is 0 Å². The minimum atomic E-state index is -0.745. The molecule has 132 valence electrons. The van der Waals surface area contributed by atoms with Gasteiger partial charge in [0.25, 0.3) is 5.91 Å². The molecule has 25 heavy (non-hydrogen) atoms. The smallest absolute Gasteiger partial charge is 0.322 e. The lowest BCUT2D eigenvalue weighted by Gasteiger charge is -2.26. The number of hydrogen-bond donors (Lipinski definition) is 3. The molecule has 4 N–H and O–H groups in total. The molecule has 0 bridgehead atoms. The fourth-order valence-electron chi connectivity index (χ4n) is 3.01. The highest BCUT2D eigenvalue weighted by Crippen LogP contribution is 2.28. The van der Waals surface area contributed by atoms with Gasteiger partial charge < -0.3 is 25.5 Å². The van der Waals surface area contributed by atoms with E-state index in [0.29, 0.717) is 24.4 Å². The summed E-state index contributed by atoms with van der Waals surface area (Å²) in [5.74, 6) is -0.122. The minimum Gasteiger partial charge on any atom is -0.467 e. The van der Waals surface area contributed by atoms with Gasteiger partial charge in [0.2, 0.25) is 0 Å². The number of pyridine rings is 1. The minimum absolute atomic E-state index is 0.0713. The summed E-state index contributed by atoms with van der Waals surface area (Å²) < 4.78 is 5.21. The highest BCUT2D eigenvalue weighted by atomic mass is 16.4. The Balaban J connectivity index is 1.61. The number of nitrogens with two attached hydrogens (primary N) is 1. The molecule has 2 aromatic heterocycles. The third-order valence-corrected chi connectivity index (χ3v) is 4.27. The van der Waals surface area contributed by atoms with Crippen molar-refractivity contribution in [2.24, 2.45) is 5.73 Å². The van der Waals surface area contributed by atoms with E-state index in [1.54, 1.807) is 23.1 Å². The first kappa shape index (κ1) is 17.0. The number of aliphatic hydroxyl groups excluding tert-OH is 1. The van der Waals surface area contributed by atoms with Crippen LogP contribution in [-0.4, -0.2) is 39.5 Å². The average molecular weight is 344 g/mol. The number of carbonyl (C=O) groups is 2. The van der Waals surface area contributed by atoms with E-state index >= 15 is 0 Å². The number of aliphatic hydroxyl groups is 1. The Bertz CT molecular complexity index is 730. The van der Waals surface area contributed by atoms with Gasteiger partial charge in [-0.3, -0.25) is 4.79 Å². The molecular formula is C17H20N4O4. The summed E-state index contributed by atoms with van der Waals surface area (Å²) in [5, 5.41) is 13.0. The van der Waals surface area contributed by atoms with Crippen molar-refractivity contribution >= 4 is 17.6 Å². The van der Waals surface area contributed by atoms with Crippen LogP contribution in [-0.2, 0) is 0 Å². The summed E-state index contributed by atoms with van der Waals surface area (Å²) in [5.41, 5.74) is 5.76. The maximum Gasteiger partial charge on any atom is 0.322 e. The van der Waals surface area contributed by atoms with Crippen molar-refractivity contribution in [3.05, 3.63) is 48.2 Å². The average Bonchev–Trinajstić information content (AvgIpc) is 3.27. The lowest BCUT2D eigenvalue weighted by atomic mass is 10.1. The van der Waals surface area contributed by atoms with Crippen molar-refractivity contribution < 1.29 is 19.1 Å². The molecule has 2 atom stereocenters.